The van der Waals surface area contributed by atoms with E-state index in [1.165, 1.54) is 0 Å². The molecule has 0 aromatic carbocycles. The fourth-order valence-corrected chi connectivity index (χ4v) is 1.21. The van der Waals surface area contributed by atoms with Gasteiger partial charge in [-0.25, -0.2) is 4.79 Å². The van der Waals surface area contributed by atoms with E-state index in [-0.39, 0.29) is 6.08 Å². The Labute approximate surface area is 138 Å². The third-order valence-electron chi connectivity index (χ3n) is 2.74. The van der Waals surface area contributed by atoms with E-state index in [0.717, 1.165) is 0 Å². The lowest BCUT2D eigenvalue weighted by Crippen LogP contribution is -2.74. The molecule has 0 aliphatic rings. The van der Waals surface area contributed by atoms with E-state index >= 15 is 0 Å². The summed E-state index contributed by atoms with van der Waals surface area (Å²) in [7, 11) is 0. The first-order valence-corrected chi connectivity index (χ1v) is 5.68. The highest BCUT2D eigenvalue weighted by atomic mass is 19.4. The van der Waals surface area contributed by atoms with Gasteiger partial charge in [0.1, 0.15) is 0 Å². The molecule has 0 saturated heterocycles. The van der Waals surface area contributed by atoms with Crippen LogP contribution in [0.15, 0.2) is 12.7 Å². The molecule has 0 saturated carbocycles. The van der Waals surface area contributed by atoms with E-state index in [2.05, 4.69) is 11.3 Å². The molecular formula is C10H4F14O3. The molecule has 1 N–H and O–H groups in total. The molecule has 3 nitrogen and oxygen atoms in total. The number of esters is 1. The SMILES string of the molecule is C=CC(=O)OC(F)(F)C(F)(F)C(O)(F)C(F)(F)C(F)(F)C(F)(F)C(F)(F)F. The Hall–Kier alpha value is -1.81. The molecule has 0 heterocycles. The first kappa shape index (κ1) is 25.2. The number of hydrogen-bond donors (Lipinski definition) is 1. The Morgan fingerprint density at radius 1 is 0.704 bits per heavy atom. The number of ether oxygens (including phenoxy) is 1. The van der Waals surface area contributed by atoms with Gasteiger partial charge >= 0.3 is 47.8 Å². The van der Waals surface area contributed by atoms with Crippen LogP contribution in [0.3, 0.4) is 0 Å². The first-order chi connectivity index (χ1) is 11.5. The highest BCUT2D eigenvalue weighted by Gasteiger charge is 2.93. The van der Waals surface area contributed by atoms with Crippen molar-refractivity contribution in [2.75, 3.05) is 0 Å². The number of carbonyl (C=O) groups is 1. The Morgan fingerprint density at radius 2 is 1.07 bits per heavy atom. The lowest BCUT2D eigenvalue weighted by Gasteiger charge is -2.41. The maximum Gasteiger partial charge on any atom is 0.473 e. The maximum absolute atomic E-state index is 13.3. The van der Waals surface area contributed by atoms with Crippen LogP contribution >= 0.6 is 0 Å². The second-order valence-electron chi connectivity index (χ2n) is 4.56. The van der Waals surface area contributed by atoms with Crippen molar-refractivity contribution in [2.24, 2.45) is 0 Å². The second-order valence-corrected chi connectivity index (χ2v) is 4.56. The molecule has 0 aromatic heterocycles. The topological polar surface area (TPSA) is 46.5 Å². The minimum Gasteiger partial charge on any atom is -0.393 e. The quantitative estimate of drug-likeness (QED) is 0.371. The summed E-state index contributed by atoms with van der Waals surface area (Å²) in [5.74, 6) is -42.5. The fourth-order valence-electron chi connectivity index (χ4n) is 1.21. The third kappa shape index (κ3) is 3.40. The standard InChI is InChI=1S/C10H4F14O3/c1-2-3(25)27-10(23,24)7(17,18)8(19,26)5(13,14)4(11,12)6(15,16)9(20,21)22/h2,26H,1H2. The van der Waals surface area contributed by atoms with Crippen molar-refractivity contribution in [3.05, 3.63) is 12.7 Å². The second kappa shape index (κ2) is 6.37. The van der Waals surface area contributed by atoms with Gasteiger partial charge in [-0.2, -0.15) is 61.5 Å². The van der Waals surface area contributed by atoms with Gasteiger partial charge in [0.25, 0.3) is 0 Å². The minimum absolute atomic E-state index is 0.369. The summed E-state index contributed by atoms with van der Waals surface area (Å²) in [4.78, 5) is 10.4. The summed E-state index contributed by atoms with van der Waals surface area (Å²) in [6, 6.07) is 0. The minimum atomic E-state index is -8.22. The van der Waals surface area contributed by atoms with Gasteiger partial charge in [0.2, 0.25) is 0 Å². The molecule has 1 unspecified atom stereocenters. The predicted octanol–water partition coefficient (Wildman–Crippen LogP) is 4.07. The van der Waals surface area contributed by atoms with Gasteiger partial charge in [0.15, 0.2) is 0 Å². The maximum atomic E-state index is 13.3. The molecular weight excluding hydrogens is 434 g/mol. The molecule has 0 aromatic rings. The summed E-state index contributed by atoms with van der Waals surface area (Å²) >= 11 is 0. The number of halogens is 14. The number of aliphatic hydroxyl groups is 1. The lowest BCUT2D eigenvalue weighted by molar-refractivity contribution is -0.482. The first-order valence-electron chi connectivity index (χ1n) is 5.68. The smallest absolute Gasteiger partial charge is 0.393 e. The van der Waals surface area contributed by atoms with Crippen LogP contribution in [0.5, 0.6) is 0 Å². The van der Waals surface area contributed by atoms with Crippen molar-refractivity contribution in [1.82, 2.24) is 0 Å². The number of rotatable bonds is 7. The van der Waals surface area contributed by atoms with Crippen LogP contribution in [-0.4, -0.2) is 52.9 Å². The summed E-state index contributed by atoms with van der Waals surface area (Å²) in [6.07, 6.45) is -14.9. The van der Waals surface area contributed by atoms with Crippen LogP contribution in [0.4, 0.5) is 61.5 Å². The molecule has 0 radical (unpaired) electrons. The van der Waals surface area contributed by atoms with Crippen molar-refractivity contribution in [3.63, 3.8) is 0 Å². The zero-order chi connectivity index (χ0) is 22.5. The highest BCUT2D eigenvalue weighted by Crippen LogP contribution is 2.60. The van der Waals surface area contributed by atoms with E-state index in [0.29, 0.717) is 0 Å². The van der Waals surface area contributed by atoms with Gasteiger partial charge in [0.05, 0.1) is 0 Å². The van der Waals surface area contributed by atoms with Crippen molar-refractivity contribution in [3.8, 4) is 0 Å². The fraction of sp³-hybridized carbons (Fsp3) is 0.700. The summed E-state index contributed by atoms with van der Waals surface area (Å²) < 4.78 is 180. The monoisotopic (exact) mass is 438 g/mol. The zero-order valence-electron chi connectivity index (χ0n) is 11.8. The zero-order valence-corrected chi connectivity index (χ0v) is 11.8. The molecule has 1 atom stereocenters. The van der Waals surface area contributed by atoms with Crippen molar-refractivity contribution in [2.45, 2.75) is 41.8 Å². The number of hydrogen-bond acceptors (Lipinski definition) is 3. The summed E-state index contributed by atoms with van der Waals surface area (Å²) in [5.41, 5.74) is 0. The van der Waals surface area contributed by atoms with Gasteiger partial charge in [-0.15, -0.1) is 0 Å². The Balaban J connectivity index is 6.46. The predicted molar refractivity (Wildman–Crippen MR) is 53.1 cm³/mol. The molecule has 0 aliphatic carbocycles. The van der Waals surface area contributed by atoms with Crippen molar-refractivity contribution < 1.29 is 76.1 Å². The molecule has 0 bridgehead atoms. The molecule has 17 heteroatoms. The van der Waals surface area contributed by atoms with E-state index in [1.807, 2.05) is 0 Å². The van der Waals surface area contributed by atoms with Gasteiger partial charge in [-0.1, -0.05) is 6.58 Å². The third-order valence-corrected chi connectivity index (χ3v) is 2.74. The highest BCUT2D eigenvalue weighted by molar-refractivity contribution is 5.81. The molecule has 0 aliphatic heterocycles. The van der Waals surface area contributed by atoms with E-state index < -0.39 is 47.8 Å². The van der Waals surface area contributed by atoms with Crippen LogP contribution < -0.4 is 0 Å². The molecule has 0 amide bonds. The van der Waals surface area contributed by atoms with Gasteiger partial charge in [-0.05, 0) is 0 Å². The number of alkyl halides is 14. The van der Waals surface area contributed by atoms with E-state index in [9.17, 15) is 66.3 Å². The van der Waals surface area contributed by atoms with Gasteiger partial charge in [-0.3, -0.25) is 0 Å². The average molecular weight is 438 g/mol. The normalized spacial score (nSPS) is 17.3. The molecule has 27 heavy (non-hydrogen) atoms. The van der Waals surface area contributed by atoms with E-state index in [1.54, 1.807) is 0 Å². The Kier molecular flexibility index (Phi) is 5.94. The van der Waals surface area contributed by atoms with Gasteiger partial charge in [0, 0.05) is 6.08 Å². The van der Waals surface area contributed by atoms with Crippen LogP contribution in [0.2, 0.25) is 0 Å². The molecule has 0 fully saturated rings. The Morgan fingerprint density at radius 3 is 1.37 bits per heavy atom. The van der Waals surface area contributed by atoms with Gasteiger partial charge < -0.3 is 9.84 Å². The van der Waals surface area contributed by atoms with Crippen LogP contribution in [0, 0.1) is 0 Å². The van der Waals surface area contributed by atoms with E-state index in [4.69, 9.17) is 5.11 Å². The Bertz CT molecular complexity index is 590. The average Bonchev–Trinajstić information content (AvgIpc) is 2.44. The van der Waals surface area contributed by atoms with Crippen molar-refractivity contribution in [1.29, 1.82) is 0 Å². The molecule has 0 spiro atoms. The molecule has 160 valence electrons. The van der Waals surface area contributed by atoms with Crippen molar-refractivity contribution >= 4 is 5.97 Å². The largest absolute Gasteiger partial charge is 0.473 e. The van der Waals surface area contributed by atoms with Crippen LogP contribution in [0.1, 0.15) is 0 Å². The lowest BCUT2D eigenvalue weighted by atomic mass is 9.92. The summed E-state index contributed by atoms with van der Waals surface area (Å²) in [5, 5.41) is 8.21. The number of carbonyl (C=O) groups excluding carboxylic acids is 1. The summed E-state index contributed by atoms with van der Waals surface area (Å²) in [6.45, 7) is 2.34. The molecule has 0 rings (SSSR count). The van der Waals surface area contributed by atoms with Crippen LogP contribution in [-0.2, 0) is 9.53 Å². The van der Waals surface area contributed by atoms with Crippen LogP contribution in [0.25, 0.3) is 0 Å².